The Bertz CT molecular complexity index is 1300. The fraction of sp³-hybridized carbons (Fsp3) is 0.269. The van der Waals surface area contributed by atoms with E-state index < -0.39 is 10.0 Å². The van der Waals surface area contributed by atoms with Crippen LogP contribution in [0.3, 0.4) is 0 Å². The first-order chi connectivity index (χ1) is 15.7. The van der Waals surface area contributed by atoms with E-state index in [1.54, 1.807) is 48.4 Å². The Kier molecular flexibility index (Phi) is 6.28. The first-order valence-electron chi connectivity index (χ1n) is 10.9. The van der Waals surface area contributed by atoms with Crippen LogP contribution in [0.25, 0.3) is 0 Å². The van der Waals surface area contributed by atoms with Crippen molar-refractivity contribution in [3.05, 3.63) is 88.5 Å². The number of ether oxygens (including phenoxy) is 1. The Hall–Kier alpha value is -3.16. The summed E-state index contributed by atoms with van der Waals surface area (Å²) in [6.45, 7) is 6.00. The summed E-state index contributed by atoms with van der Waals surface area (Å²) >= 11 is 0. The second kappa shape index (κ2) is 9.00. The van der Waals surface area contributed by atoms with Gasteiger partial charge in [0.25, 0.3) is 5.91 Å². The van der Waals surface area contributed by atoms with Gasteiger partial charge in [-0.3, -0.25) is 4.79 Å². The second-order valence-electron chi connectivity index (χ2n) is 8.49. The third-order valence-corrected chi connectivity index (χ3v) is 7.58. The number of nitrogens with one attached hydrogen (secondary N) is 1. The van der Waals surface area contributed by atoms with Gasteiger partial charge in [-0.25, -0.2) is 13.1 Å². The van der Waals surface area contributed by atoms with Crippen molar-refractivity contribution in [3.8, 4) is 5.75 Å². The van der Waals surface area contributed by atoms with Crippen molar-refractivity contribution >= 4 is 21.6 Å². The Labute approximate surface area is 195 Å². The molecule has 1 aliphatic rings. The molecule has 1 heterocycles. The average molecular weight is 465 g/mol. The van der Waals surface area contributed by atoms with Crippen molar-refractivity contribution in [1.82, 2.24) is 4.72 Å². The molecule has 0 bridgehead atoms. The fourth-order valence-electron chi connectivity index (χ4n) is 4.09. The minimum absolute atomic E-state index is 0.0112. The maximum atomic E-state index is 13.3. The molecule has 4 rings (SSSR count). The predicted octanol–water partition coefficient (Wildman–Crippen LogP) is 4.38. The number of sulfonamides is 1. The van der Waals surface area contributed by atoms with Gasteiger partial charge >= 0.3 is 0 Å². The van der Waals surface area contributed by atoms with Crippen LogP contribution in [-0.4, -0.2) is 27.5 Å². The molecule has 0 saturated carbocycles. The zero-order valence-electron chi connectivity index (χ0n) is 19.3. The number of fused-ring (bicyclic) bond motifs is 1. The van der Waals surface area contributed by atoms with Crippen LogP contribution in [0.15, 0.2) is 65.6 Å². The standard InChI is InChI=1S/C26H28N2O4S/c1-17-5-12-24(13-18(17)2)33(30,31)27-16-20-6-7-22-14-19(3)28(25(22)15-20)26(29)21-8-10-23(32-4)11-9-21/h5-13,15,19,27H,14,16H2,1-4H3/t19-/m1/s1. The van der Waals surface area contributed by atoms with Crippen LogP contribution in [0, 0.1) is 13.8 Å². The molecule has 1 aliphatic heterocycles. The zero-order valence-corrected chi connectivity index (χ0v) is 20.1. The van der Waals surface area contributed by atoms with E-state index >= 15 is 0 Å². The van der Waals surface area contributed by atoms with Crippen LogP contribution in [0.1, 0.15) is 39.5 Å². The number of aryl methyl sites for hydroxylation is 2. The quantitative estimate of drug-likeness (QED) is 0.587. The summed E-state index contributed by atoms with van der Waals surface area (Å²) in [4.78, 5) is 15.3. The monoisotopic (exact) mass is 464 g/mol. The number of rotatable bonds is 6. The smallest absolute Gasteiger partial charge is 0.258 e. The van der Waals surface area contributed by atoms with Crippen LogP contribution < -0.4 is 14.4 Å². The summed E-state index contributed by atoms with van der Waals surface area (Å²) in [5.41, 5.74) is 5.25. The van der Waals surface area contributed by atoms with Gasteiger partial charge in [0.2, 0.25) is 10.0 Å². The highest BCUT2D eigenvalue weighted by molar-refractivity contribution is 7.89. The number of methoxy groups -OCH3 is 1. The SMILES string of the molecule is COc1ccc(C(=O)N2c3cc(CNS(=O)(=O)c4ccc(C)c(C)c4)ccc3C[C@H]2C)cc1. The van der Waals surface area contributed by atoms with Gasteiger partial charge in [-0.05, 0) is 91.9 Å². The molecule has 0 aromatic heterocycles. The maximum Gasteiger partial charge on any atom is 0.258 e. The number of nitrogens with zero attached hydrogens (tertiary/aromatic N) is 1. The average Bonchev–Trinajstić information content (AvgIpc) is 3.14. The van der Waals surface area contributed by atoms with Crippen molar-refractivity contribution in [2.75, 3.05) is 12.0 Å². The Morgan fingerprint density at radius 3 is 2.42 bits per heavy atom. The van der Waals surface area contributed by atoms with Gasteiger partial charge in [-0.15, -0.1) is 0 Å². The second-order valence-corrected chi connectivity index (χ2v) is 10.3. The van der Waals surface area contributed by atoms with E-state index in [4.69, 9.17) is 4.74 Å². The zero-order chi connectivity index (χ0) is 23.8. The summed E-state index contributed by atoms with van der Waals surface area (Å²) in [6, 6.07) is 18.0. The van der Waals surface area contributed by atoms with E-state index in [0.29, 0.717) is 11.3 Å². The minimum atomic E-state index is -3.64. The summed E-state index contributed by atoms with van der Waals surface area (Å²) in [7, 11) is -2.06. The van der Waals surface area contributed by atoms with Crippen LogP contribution >= 0.6 is 0 Å². The Balaban J connectivity index is 1.55. The molecule has 0 spiro atoms. The van der Waals surface area contributed by atoms with Crippen molar-refractivity contribution < 1.29 is 17.9 Å². The van der Waals surface area contributed by atoms with Gasteiger partial charge in [-0.1, -0.05) is 18.2 Å². The number of carbonyl (C=O) groups excluding carboxylic acids is 1. The number of carbonyl (C=O) groups is 1. The van der Waals surface area contributed by atoms with E-state index in [9.17, 15) is 13.2 Å². The fourth-order valence-corrected chi connectivity index (χ4v) is 5.19. The summed E-state index contributed by atoms with van der Waals surface area (Å²) in [5.74, 6) is 0.608. The van der Waals surface area contributed by atoms with Gasteiger partial charge < -0.3 is 9.64 Å². The maximum absolute atomic E-state index is 13.3. The molecule has 1 N–H and O–H groups in total. The number of amides is 1. The van der Waals surface area contributed by atoms with Crippen molar-refractivity contribution in [2.45, 2.75) is 44.7 Å². The lowest BCUT2D eigenvalue weighted by atomic mass is 10.1. The number of hydrogen-bond acceptors (Lipinski definition) is 4. The third-order valence-electron chi connectivity index (χ3n) is 6.18. The van der Waals surface area contributed by atoms with Gasteiger partial charge in [0.1, 0.15) is 5.75 Å². The van der Waals surface area contributed by atoms with Crippen LogP contribution in [0.5, 0.6) is 5.75 Å². The summed E-state index contributed by atoms with van der Waals surface area (Å²) < 4.78 is 33.4. The Morgan fingerprint density at radius 2 is 1.76 bits per heavy atom. The first-order valence-corrected chi connectivity index (χ1v) is 12.3. The molecule has 3 aromatic rings. The van der Waals surface area contributed by atoms with E-state index in [1.807, 2.05) is 45.0 Å². The molecule has 0 aliphatic carbocycles. The third kappa shape index (κ3) is 4.65. The topological polar surface area (TPSA) is 75.7 Å². The van der Waals surface area contributed by atoms with Gasteiger partial charge in [0, 0.05) is 23.8 Å². The molecule has 3 aromatic carbocycles. The lowest BCUT2D eigenvalue weighted by Gasteiger charge is -2.23. The summed E-state index contributed by atoms with van der Waals surface area (Å²) in [6.07, 6.45) is 0.756. The van der Waals surface area contributed by atoms with Gasteiger partial charge in [-0.2, -0.15) is 0 Å². The van der Waals surface area contributed by atoms with Crippen molar-refractivity contribution in [3.63, 3.8) is 0 Å². The van der Waals surface area contributed by atoms with Crippen molar-refractivity contribution in [2.24, 2.45) is 0 Å². The summed E-state index contributed by atoms with van der Waals surface area (Å²) in [5, 5.41) is 0. The highest BCUT2D eigenvalue weighted by atomic mass is 32.2. The molecule has 7 heteroatoms. The first kappa shape index (κ1) is 23.0. The lowest BCUT2D eigenvalue weighted by Crippen LogP contribution is -2.35. The highest BCUT2D eigenvalue weighted by Gasteiger charge is 2.31. The van der Waals surface area contributed by atoms with Crippen LogP contribution in [-0.2, 0) is 23.0 Å². The number of benzene rings is 3. The van der Waals surface area contributed by atoms with E-state index in [-0.39, 0.29) is 23.4 Å². The van der Waals surface area contributed by atoms with E-state index in [0.717, 1.165) is 34.4 Å². The normalized spacial score (nSPS) is 15.4. The molecule has 0 fully saturated rings. The minimum Gasteiger partial charge on any atom is -0.497 e. The van der Waals surface area contributed by atoms with E-state index in [1.165, 1.54) is 0 Å². The molecule has 33 heavy (non-hydrogen) atoms. The molecule has 6 nitrogen and oxygen atoms in total. The van der Waals surface area contributed by atoms with Crippen molar-refractivity contribution in [1.29, 1.82) is 0 Å². The molecular formula is C26H28N2O4S. The Morgan fingerprint density at radius 1 is 1.03 bits per heavy atom. The molecular weight excluding hydrogens is 436 g/mol. The molecule has 0 radical (unpaired) electrons. The van der Waals surface area contributed by atoms with Crippen LogP contribution in [0.2, 0.25) is 0 Å². The highest BCUT2D eigenvalue weighted by Crippen LogP contribution is 2.34. The van der Waals surface area contributed by atoms with E-state index in [2.05, 4.69) is 4.72 Å². The molecule has 1 atom stereocenters. The molecule has 0 unspecified atom stereocenters. The predicted molar refractivity (Wildman–Crippen MR) is 129 cm³/mol. The lowest BCUT2D eigenvalue weighted by molar-refractivity contribution is 0.0981. The largest absolute Gasteiger partial charge is 0.497 e. The van der Waals surface area contributed by atoms with Gasteiger partial charge in [0.15, 0.2) is 0 Å². The molecule has 172 valence electrons. The number of anilines is 1. The van der Waals surface area contributed by atoms with Crippen LogP contribution in [0.4, 0.5) is 5.69 Å². The molecule has 1 amide bonds. The molecule has 0 saturated heterocycles. The number of hydrogen-bond donors (Lipinski definition) is 1. The van der Waals surface area contributed by atoms with Gasteiger partial charge in [0.05, 0.1) is 12.0 Å².